The van der Waals surface area contributed by atoms with Gasteiger partial charge in [-0.1, -0.05) is 24.6 Å². The molecule has 1 aliphatic heterocycles. The summed E-state index contributed by atoms with van der Waals surface area (Å²) in [5.41, 5.74) is 0.797. The molecular formula is C22H25FN2O5S. The summed E-state index contributed by atoms with van der Waals surface area (Å²) >= 11 is 0. The predicted molar refractivity (Wildman–Crippen MR) is 112 cm³/mol. The van der Waals surface area contributed by atoms with Gasteiger partial charge in [-0.15, -0.1) is 0 Å². The minimum atomic E-state index is -3.68. The van der Waals surface area contributed by atoms with E-state index in [1.807, 2.05) is 0 Å². The van der Waals surface area contributed by atoms with E-state index >= 15 is 0 Å². The number of esters is 1. The molecule has 1 heterocycles. The number of halogens is 1. The van der Waals surface area contributed by atoms with Gasteiger partial charge in [-0.2, -0.15) is 4.31 Å². The van der Waals surface area contributed by atoms with Gasteiger partial charge in [0.05, 0.1) is 10.5 Å². The molecule has 0 bridgehead atoms. The molecule has 3 rings (SSSR count). The second-order valence-electron chi connectivity index (χ2n) is 7.44. The van der Waals surface area contributed by atoms with Gasteiger partial charge >= 0.3 is 5.97 Å². The van der Waals surface area contributed by atoms with Gasteiger partial charge in [-0.25, -0.2) is 17.6 Å². The van der Waals surface area contributed by atoms with E-state index in [4.69, 9.17) is 4.74 Å². The summed E-state index contributed by atoms with van der Waals surface area (Å²) in [6, 6.07) is 11.4. The van der Waals surface area contributed by atoms with Crippen molar-refractivity contribution in [1.29, 1.82) is 0 Å². The molecule has 0 unspecified atom stereocenters. The molecular weight excluding hydrogens is 423 g/mol. The maximum absolute atomic E-state index is 13.0. The zero-order chi connectivity index (χ0) is 22.4. The van der Waals surface area contributed by atoms with Crippen molar-refractivity contribution in [2.24, 2.45) is 0 Å². The Kier molecular flexibility index (Phi) is 7.40. The first kappa shape index (κ1) is 22.9. The largest absolute Gasteiger partial charge is 0.452 e. The lowest BCUT2D eigenvalue weighted by atomic mass is 10.2. The minimum Gasteiger partial charge on any atom is -0.452 e. The van der Waals surface area contributed by atoms with Crippen LogP contribution in [0, 0.1) is 5.82 Å². The second kappa shape index (κ2) is 10.0. The summed E-state index contributed by atoms with van der Waals surface area (Å²) in [5.74, 6) is -1.58. The highest BCUT2D eigenvalue weighted by molar-refractivity contribution is 7.89. The molecule has 166 valence electrons. The van der Waals surface area contributed by atoms with Crippen molar-refractivity contribution in [2.45, 2.75) is 30.7 Å². The van der Waals surface area contributed by atoms with Crippen LogP contribution in [0.5, 0.6) is 0 Å². The molecule has 1 amide bonds. The second-order valence-corrected chi connectivity index (χ2v) is 9.38. The number of carbonyl (C=O) groups is 2. The fourth-order valence-electron chi connectivity index (χ4n) is 3.31. The van der Waals surface area contributed by atoms with Gasteiger partial charge in [0.15, 0.2) is 6.61 Å². The average Bonchev–Trinajstić information content (AvgIpc) is 2.79. The van der Waals surface area contributed by atoms with Gasteiger partial charge in [0, 0.05) is 26.7 Å². The standard InChI is InChI=1S/C22H25FN2O5S/c1-24(15-17-8-10-19(23)11-9-17)21(26)16-30-22(27)18-6-5-7-20(14-18)31(28,29)25-12-3-2-4-13-25/h5-11,14H,2-4,12-13,15-16H2,1H3. The quantitative estimate of drug-likeness (QED) is 0.608. The monoisotopic (exact) mass is 448 g/mol. The highest BCUT2D eigenvalue weighted by atomic mass is 32.2. The molecule has 0 aromatic heterocycles. The lowest BCUT2D eigenvalue weighted by molar-refractivity contribution is -0.133. The Morgan fingerprint density at radius 2 is 1.74 bits per heavy atom. The van der Waals surface area contributed by atoms with Crippen LogP contribution in [-0.2, 0) is 26.1 Å². The van der Waals surface area contributed by atoms with Crippen LogP contribution in [0.1, 0.15) is 35.2 Å². The van der Waals surface area contributed by atoms with Crippen molar-refractivity contribution >= 4 is 21.9 Å². The number of nitrogens with zero attached hydrogens (tertiary/aromatic N) is 2. The summed E-state index contributed by atoms with van der Waals surface area (Å²) < 4.78 is 45.1. The van der Waals surface area contributed by atoms with Crippen LogP contribution >= 0.6 is 0 Å². The van der Waals surface area contributed by atoms with E-state index in [9.17, 15) is 22.4 Å². The zero-order valence-corrected chi connectivity index (χ0v) is 18.1. The fraction of sp³-hybridized carbons (Fsp3) is 0.364. The van der Waals surface area contributed by atoms with Gasteiger partial charge in [0.1, 0.15) is 5.82 Å². The lowest BCUT2D eigenvalue weighted by Gasteiger charge is -2.26. The van der Waals surface area contributed by atoms with E-state index in [0.717, 1.165) is 24.8 Å². The van der Waals surface area contributed by atoms with Gasteiger partial charge in [0.2, 0.25) is 10.0 Å². The molecule has 0 radical (unpaired) electrons. The third-order valence-corrected chi connectivity index (χ3v) is 7.00. The first-order valence-electron chi connectivity index (χ1n) is 10.0. The first-order valence-corrected chi connectivity index (χ1v) is 11.5. The highest BCUT2D eigenvalue weighted by Gasteiger charge is 2.26. The Hall–Kier alpha value is -2.78. The van der Waals surface area contributed by atoms with Gasteiger partial charge in [-0.05, 0) is 48.7 Å². The maximum Gasteiger partial charge on any atom is 0.338 e. The van der Waals surface area contributed by atoms with Gasteiger partial charge in [-0.3, -0.25) is 4.79 Å². The highest BCUT2D eigenvalue weighted by Crippen LogP contribution is 2.21. The summed E-state index contributed by atoms with van der Waals surface area (Å²) in [6.45, 7) is 0.678. The van der Waals surface area contributed by atoms with E-state index in [2.05, 4.69) is 0 Å². The molecule has 0 aliphatic carbocycles. The molecule has 9 heteroatoms. The molecule has 31 heavy (non-hydrogen) atoms. The zero-order valence-electron chi connectivity index (χ0n) is 17.3. The summed E-state index contributed by atoms with van der Waals surface area (Å²) in [7, 11) is -2.13. The van der Waals surface area contributed by atoms with Gasteiger partial charge < -0.3 is 9.64 Å². The number of rotatable bonds is 7. The molecule has 2 aromatic rings. The van der Waals surface area contributed by atoms with E-state index in [1.54, 1.807) is 19.2 Å². The van der Waals surface area contributed by atoms with Crippen LogP contribution in [0.25, 0.3) is 0 Å². The van der Waals surface area contributed by atoms with E-state index < -0.39 is 28.5 Å². The molecule has 0 N–H and O–H groups in total. The molecule has 7 nitrogen and oxygen atoms in total. The van der Waals surface area contributed by atoms with Crippen LogP contribution in [0.15, 0.2) is 53.4 Å². The molecule has 1 fully saturated rings. The molecule has 0 spiro atoms. The fourth-order valence-corrected chi connectivity index (χ4v) is 4.87. The Morgan fingerprint density at radius 3 is 2.42 bits per heavy atom. The Labute approximate surface area is 181 Å². The summed E-state index contributed by atoms with van der Waals surface area (Å²) in [4.78, 5) is 26.0. The number of amides is 1. The average molecular weight is 449 g/mol. The third-order valence-electron chi connectivity index (χ3n) is 5.11. The summed E-state index contributed by atoms with van der Waals surface area (Å²) in [5, 5.41) is 0. The number of sulfonamides is 1. The number of likely N-dealkylation sites (N-methyl/N-ethyl adjacent to an activating group) is 1. The third kappa shape index (κ3) is 5.89. The maximum atomic E-state index is 13.0. The Balaban J connectivity index is 1.59. The van der Waals surface area contributed by atoms with Crippen LogP contribution in [0.3, 0.4) is 0 Å². The minimum absolute atomic E-state index is 0.0311. The number of piperidine rings is 1. The van der Waals surface area contributed by atoms with E-state index in [-0.39, 0.29) is 22.8 Å². The van der Waals surface area contributed by atoms with Crippen molar-refractivity contribution in [1.82, 2.24) is 9.21 Å². The lowest BCUT2D eigenvalue weighted by Crippen LogP contribution is -2.35. The number of ether oxygens (including phenoxy) is 1. The van der Waals surface area contributed by atoms with Crippen molar-refractivity contribution < 1.29 is 27.1 Å². The molecule has 2 aromatic carbocycles. The Morgan fingerprint density at radius 1 is 1.06 bits per heavy atom. The predicted octanol–water partition coefficient (Wildman–Crippen LogP) is 2.82. The number of hydrogen-bond donors (Lipinski definition) is 0. The van der Waals surface area contributed by atoms with Crippen LogP contribution in [0.4, 0.5) is 4.39 Å². The summed E-state index contributed by atoms with van der Waals surface area (Å²) in [6.07, 6.45) is 2.63. The Bertz CT molecular complexity index is 1030. The van der Waals surface area contributed by atoms with Crippen molar-refractivity contribution in [3.8, 4) is 0 Å². The van der Waals surface area contributed by atoms with Crippen LogP contribution < -0.4 is 0 Å². The first-order chi connectivity index (χ1) is 14.8. The van der Waals surface area contributed by atoms with Crippen molar-refractivity contribution in [2.75, 3.05) is 26.7 Å². The molecule has 0 saturated carbocycles. The SMILES string of the molecule is CN(Cc1ccc(F)cc1)C(=O)COC(=O)c1cccc(S(=O)(=O)N2CCCCC2)c1. The van der Waals surface area contributed by atoms with E-state index in [1.165, 1.54) is 45.6 Å². The van der Waals surface area contributed by atoms with Crippen molar-refractivity contribution in [3.05, 3.63) is 65.5 Å². The van der Waals surface area contributed by atoms with E-state index in [0.29, 0.717) is 13.1 Å². The molecule has 1 aliphatic rings. The number of benzene rings is 2. The van der Waals surface area contributed by atoms with Crippen molar-refractivity contribution in [3.63, 3.8) is 0 Å². The molecule has 1 saturated heterocycles. The number of carbonyl (C=O) groups excluding carboxylic acids is 2. The van der Waals surface area contributed by atoms with Crippen LogP contribution in [0.2, 0.25) is 0 Å². The van der Waals surface area contributed by atoms with Gasteiger partial charge in [0.25, 0.3) is 5.91 Å². The molecule has 0 atom stereocenters. The smallest absolute Gasteiger partial charge is 0.338 e. The topological polar surface area (TPSA) is 84.0 Å². The van der Waals surface area contributed by atoms with Crippen LogP contribution in [-0.4, -0.2) is 56.2 Å². The normalized spacial score (nSPS) is 14.8. The number of hydrogen-bond acceptors (Lipinski definition) is 5.